The monoisotopic (exact) mass is 280 g/mol. The highest BCUT2D eigenvalue weighted by Crippen LogP contribution is 2.38. The molecule has 102 valence electrons. The average molecular weight is 280 g/mol. The molecule has 0 spiro atoms. The SMILES string of the molecule is CNc1c(F)c(F)c(F)c2c(N)c(F)c(F)c(F)c12. The van der Waals surface area contributed by atoms with Crippen LogP contribution in [0.1, 0.15) is 0 Å². The molecule has 0 aliphatic carbocycles. The highest BCUT2D eigenvalue weighted by atomic mass is 19.2. The maximum atomic E-state index is 13.6. The fourth-order valence-electron chi connectivity index (χ4n) is 1.80. The predicted octanol–water partition coefficient (Wildman–Crippen LogP) is 3.30. The zero-order chi connectivity index (χ0) is 14.5. The van der Waals surface area contributed by atoms with E-state index in [2.05, 4.69) is 5.32 Å². The first-order valence-electron chi connectivity index (χ1n) is 4.92. The molecule has 0 unspecified atom stereocenters. The standard InChI is InChI=1S/C11H6F6N2/c1-19-11-3-2(4(12)7(15)9(11)17)10(18)8(16)6(14)5(3)13/h19H,18H2,1H3. The summed E-state index contributed by atoms with van der Waals surface area (Å²) in [6, 6.07) is 0. The number of hydrogen-bond acceptors (Lipinski definition) is 2. The number of hydrogen-bond donors (Lipinski definition) is 2. The summed E-state index contributed by atoms with van der Waals surface area (Å²) in [7, 11) is 1.08. The van der Waals surface area contributed by atoms with Crippen molar-refractivity contribution in [3.05, 3.63) is 34.9 Å². The maximum Gasteiger partial charge on any atom is 0.197 e. The molecule has 19 heavy (non-hydrogen) atoms. The van der Waals surface area contributed by atoms with Gasteiger partial charge in [0.15, 0.2) is 34.9 Å². The Balaban J connectivity index is 3.21. The number of nitrogens with one attached hydrogen (secondary N) is 1. The van der Waals surface area contributed by atoms with Gasteiger partial charge in [0.2, 0.25) is 0 Å². The first kappa shape index (κ1) is 13.3. The van der Waals surface area contributed by atoms with Gasteiger partial charge in [-0.15, -0.1) is 0 Å². The molecule has 2 aromatic rings. The Morgan fingerprint density at radius 1 is 0.684 bits per heavy atom. The van der Waals surface area contributed by atoms with Gasteiger partial charge < -0.3 is 11.1 Å². The minimum atomic E-state index is -1.99. The van der Waals surface area contributed by atoms with E-state index in [9.17, 15) is 26.3 Å². The predicted molar refractivity (Wildman–Crippen MR) is 57.7 cm³/mol. The van der Waals surface area contributed by atoms with Gasteiger partial charge in [-0.05, 0) is 0 Å². The maximum absolute atomic E-state index is 13.6. The number of benzene rings is 2. The molecule has 0 bridgehead atoms. The van der Waals surface area contributed by atoms with Crippen molar-refractivity contribution in [2.75, 3.05) is 18.1 Å². The van der Waals surface area contributed by atoms with Gasteiger partial charge in [-0.3, -0.25) is 0 Å². The Kier molecular flexibility index (Phi) is 2.95. The molecule has 0 heterocycles. The zero-order valence-corrected chi connectivity index (χ0v) is 9.35. The van der Waals surface area contributed by atoms with Crippen molar-refractivity contribution in [1.29, 1.82) is 0 Å². The summed E-state index contributed by atoms with van der Waals surface area (Å²) in [5.74, 6) is -11.3. The molecule has 0 aliphatic heterocycles. The molecule has 0 amide bonds. The van der Waals surface area contributed by atoms with Crippen molar-refractivity contribution in [2.45, 2.75) is 0 Å². The topological polar surface area (TPSA) is 38.0 Å². The van der Waals surface area contributed by atoms with Gasteiger partial charge in [-0.1, -0.05) is 0 Å². The van der Waals surface area contributed by atoms with E-state index in [1.54, 1.807) is 0 Å². The van der Waals surface area contributed by atoms with Crippen LogP contribution >= 0.6 is 0 Å². The first-order chi connectivity index (χ1) is 8.82. The van der Waals surface area contributed by atoms with Gasteiger partial charge in [-0.25, -0.2) is 26.3 Å². The van der Waals surface area contributed by atoms with E-state index in [4.69, 9.17) is 5.73 Å². The van der Waals surface area contributed by atoms with Gasteiger partial charge in [0.25, 0.3) is 0 Å². The summed E-state index contributed by atoms with van der Waals surface area (Å²) < 4.78 is 80.3. The summed E-state index contributed by atoms with van der Waals surface area (Å²) in [5.41, 5.74) is 3.11. The molecular weight excluding hydrogens is 274 g/mol. The normalized spacial score (nSPS) is 11.1. The second kappa shape index (κ2) is 4.22. The van der Waals surface area contributed by atoms with Crippen molar-refractivity contribution in [3.63, 3.8) is 0 Å². The average Bonchev–Trinajstić information content (AvgIpc) is 2.40. The molecular formula is C11H6F6N2. The van der Waals surface area contributed by atoms with Crippen molar-refractivity contribution < 1.29 is 26.3 Å². The summed E-state index contributed by atoms with van der Waals surface area (Å²) in [5, 5.41) is 0.00836. The lowest BCUT2D eigenvalue weighted by Gasteiger charge is -2.13. The van der Waals surface area contributed by atoms with Crippen molar-refractivity contribution in [3.8, 4) is 0 Å². The lowest BCUT2D eigenvalue weighted by Crippen LogP contribution is -2.08. The van der Waals surface area contributed by atoms with E-state index >= 15 is 0 Å². The molecule has 0 fully saturated rings. The number of anilines is 2. The van der Waals surface area contributed by atoms with Crippen LogP contribution in [0.5, 0.6) is 0 Å². The van der Waals surface area contributed by atoms with E-state index in [1.165, 1.54) is 0 Å². The second-order valence-corrected chi connectivity index (χ2v) is 3.67. The largest absolute Gasteiger partial charge is 0.396 e. The van der Waals surface area contributed by atoms with Crippen molar-refractivity contribution >= 4 is 22.1 Å². The lowest BCUT2D eigenvalue weighted by molar-refractivity contribution is 0.444. The van der Waals surface area contributed by atoms with Crippen molar-refractivity contribution in [1.82, 2.24) is 0 Å². The quantitative estimate of drug-likeness (QED) is 0.478. The molecule has 2 rings (SSSR count). The third kappa shape index (κ3) is 1.59. The van der Waals surface area contributed by atoms with Crippen LogP contribution in [0.2, 0.25) is 0 Å². The van der Waals surface area contributed by atoms with Gasteiger partial charge in [0, 0.05) is 7.05 Å². The summed E-state index contributed by atoms with van der Waals surface area (Å²) in [4.78, 5) is 0. The van der Waals surface area contributed by atoms with Crippen LogP contribution in [0.3, 0.4) is 0 Å². The number of nitrogens with two attached hydrogens (primary N) is 1. The third-order valence-electron chi connectivity index (χ3n) is 2.69. The Morgan fingerprint density at radius 3 is 1.68 bits per heavy atom. The Hall–Kier alpha value is -2.12. The van der Waals surface area contributed by atoms with Crippen LogP contribution < -0.4 is 11.1 Å². The molecule has 0 radical (unpaired) electrons. The molecule has 2 nitrogen and oxygen atoms in total. The summed E-state index contributed by atoms with van der Waals surface area (Å²) in [6.45, 7) is 0. The molecule has 8 heteroatoms. The van der Waals surface area contributed by atoms with Gasteiger partial charge in [-0.2, -0.15) is 0 Å². The van der Waals surface area contributed by atoms with E-state index in [-0.39, 0.29) is 0 Å². The Labute approximate surface area is 102 Å². The summed E-state index contributed by atoms with van der Waals surface area (Å²) in [6.07, 6.45) is 0. The highest BCUT2D eigenvalue weighted by Gasteiger charge is 2.28. The van der Waals surface area contributed by atoms with E-state index in [0.717, 1.165) is 7.05 Å². The minimum absolute atomic E-state index is 0.850. The molecule has 0 aliphatic rings. The van der Waals surface area contributed by atoms with Crippen LogP contribution in [0.15, 0.2) is 0 Å². The van der Waals surface area contributed by atoms with Crippen molar-refractivity contribution in [2.24, 2.45) is 0 Å². The zero-order valence-electron chi connectivity index (χ0n) is 9.35. The highest BCUT2D eigenvalue weighted by molar-refractivity contribution is 6.02. The molecule has 0 atom stereocenters. The second-order valence-electron chi connectivity index (χ2n) is 3.67. The van der Waals surface area contributed by atoms with Crippen LogP contribution in [-0.2, 0) is 0 Å². The number of nitrogen functional groups attached to an aromatic ring is 1. The fraction of sp³-hybridized carbons (Fsp3) is 0.0909. The smallest absolute Gasteiger partial charge is 0.197 e. The number of rotatable bonds is 1. The molecule has 3 N–H and O–H groups in total. The van der Waals surface area contributed by atoms with Crippen LogP contribution in [0.25, 0.3) is 10.8 Å². The van der Waals surface area contributed by atoms with Crippen LogP contribution in [0.4, 0.5) is 37.7 Å². The first-order valence-corrected chi connectivity index (χ1v) is 4.92. The van der Waals surface area contributed by atoms with E-state index < -0.39 is 57.1 Å². The Morgan fingerprint density at radius 2 is 1.16 bits per heavy atom. The van der Waals surface area contributed by atoms with Gasteiger partial charge in [0.1, 0.15) is 0 Å². The van der Waals surface area contributed by atoms with Crippen LogP contribution in [-0.4, -0.2) is 7.05 Å². The minimum Gasteiger partial charge on any atom is -0.396 e. The van der Waals surface area contributed by atoms with E-state index in [1.807, 2.05) is 0 Å². The van der Waals surface area contributed by atoms with E-state index in [0.29, 0.717) is 0 Å². The fourth-order valence-corrected chi connectivity index (χ4v) is 1.80. The van der Waals surface area contributed by atoms with Gasteiger partial charge in [0.05, 0.1) is 22.1 Å². The molecule has 0 saturated heterocycles. The van der Waals surface area contributed by atoms with Gasteiger partial charge >= 0.3 is 0 Å². The molecule has 0 saturated carbocycles. The molecule has 0 aromatic heterocycles. The summed E-state index contributed by atoms with van der Waals surface area (Å²) >= 11 is 0. The molecule has 2 aromatic carbocycles. The number of halogens is 6. The van der Waals surface area contributed by atoms with Crippen LogP contribution in [0, 0.1) is 34.9 Å². The third-order valence-corrected chi connectivity index (χ3v) is 2.69. The number of fused-ring (bicyclic) bond motifs is 1. The Bertz CT molecular complexity index is 690. The lowest BCUT2D eigenvalue weighted by atomic mass is 10.0.